The molecule has 0 saturated carbocycles. The molecule has 1 saturated heterocycles. The van der Waals surface area contributed by atoms with Crippen LogP contribution in [0.4, 0.5) is 0 Å². The van der Waals surface area contributed by atoms with Crippen LogP contribution in [0, 0.1) is 0 Å². The molecule has 0 aliphatic carbocycles. The average Bonchev–Trinajstić information content (AvgIpc) is 2.55. The van der Waals surface area contributed by atoms with E-state index in [1.807, 2.05) is 18.2 Å². The summed E-state index contributed by atoms with van der Waals surface area (Å²) in [5.74, 6) is -0.333. The van der Waals surface area contributed by atoms with Gasteiger partial charge in [-0.25, -0.2) is 4.79 Å². The Labute approximate surface area is 130 Å². The number of piperidine rings is 1. The summed E-state index contributed by atoms with van der Waals surface area (Å²) in [5, 5.41) is 0. The summed E-state index contributed by atoms with van der Waals surface area (Å²) in [5.41, 5.74) is 1.05. The van der Waals surface area contributed by atoms with Gasteiger partial charge in [0.15, 0.2) is 0 Å². The summed E-state index contributed by atoms with van der Waals surface area (Å²) in [6, 6.07) is 8.12. The fraction of sp³-hybridized carbons (Fsp3) is 0.529. The number of nitrogens with zero attached hydrogens (tertiary/aromatic N) is 1. The Balaban J connectivity index is 1.63. The Morgan fingerprint density at radius 2 is 1.95 bits per heavy atom. The maximum Gasteiger partial charge on any atom is 0.397 e. The van der Waals surface area contributed by atoms with Crippen molar-refractivity contribution in [2.75, 3.05) is 19.7 Å². The van der Waals surface area contributed by atoms with E-state index in [-0.39, 0.29) is 12.2 Å². The Bertz CT molecular complexity index is 576. The standard InChI is InChI=1S/C17H21NO4/c1-2-21-16(20)15(19)18-11-9-17(10-12-18)8-7-13-5-3-4-6-14(13)22-17/h3-6H,2,7-12H2,1H3. The van der Waals surface area contributed by atoms with E-state index < -0.39 is 11.9 Å². The topological polar surface area (TPSA) is 55.8 Å². The first-order valence-corrected chi connectivity index (χ1v) is 7.86. The summed E-state index contributed by atoms with van der Waals surface area (Å²) in [6.07, 6.45) is 3.48. The highest BCUT2D eigenvalue weighted by molar-refractivity contribution is 6.32. The molecule has 0 unspecified atom stereocenters. The quantitative estimate of drug-likeness (QED) is 0.587. The van der Waals surface area contributed by atoms with Gasteiger partial charge in [0, 0.05) is 25.9 Å². The molecule has 2 aliphatic rings. The average molecular weight is 303 g/mol. The zero-order valence-corrected chi connectivity index (χ0v) is 12.8. The van der Waals surface area contributed by atoms with Crippen molar-refractivity contribution in [2.45, 2.75) is 38.2 Å². The summed E-state index contributed by atoms with van der Waals surface area (Å²) < 4.78 is 11.0. The highest BCUT2D eigenvalue weighted by Crippen LogP contribution is 2.39. The highest BCUT2D eigenvalue weighted by atomic mass is 16.5. The van der Waals surface area contributed by atoms with Gasteiger partial charge >= 0.3 is 11.9 Å². The molecule has 0 radical (unpaired) electrons. The third-order valence-corrected chi connectivity index (χ3v) is 4.56. The Morgan fingerprint density at radius 1 is 1.23 bits per heavy atom. The number of amides is 1. The van der Waals surface area contributed by atoms with E-state index in [2.05, 4.69) is 6.07 Å². The second kappa shape index (κ2) is 5.99. The molecule has 1 spiro atoms. The first-order valence-electron chi connectivity index (χ1n) is 7.86. The molecule has 1 fully saturated rings. The minimum atomic E-state index is -0.756. The molecule has 1 amide bonds. The van der Waals surface area contributed by atoms with E-state index >= 15 is 0 Å². The van der Waals surface area contributed by atoms with Crippen LogP contribution in [0.15, 0.2) is 24.3 Å². The van der Waals surface area contributed by atoms with E-state index in [1.54, 1.807) is 11.8 Å². The van der Waals surface area contributed by atoms with Gasteiger partial charge in [0.1, 0.15) is 11.4 Å². The minimum absolute atomic E-state index is 0.195. The van der Waals surface area contributed by atoms with Crippen LogP contribution in [0.5, 0.6) is 5.75 Å². The fourth-order valence-electron chi connectivity index (χ4n) is 3.25. The Hall–Kier alpha value is -2.04. The molecule has 0 bridgehead atoms. The van der Waals surface area contributed by atoms with Crippen molar-refractivity contribution in [3.63, 3.8) is 0 Å². The zero-order chi connectivity index (χ0) is 15.6. The second-order valence-electron chi connectivity index (χ2n) is 5.91. The van der Waals surface area contributed by atoms with Crippen molar-refractivity contribution in [2.24, 2.45) is 0 Å². The summed E-state index contributed by atoms with van der Waals surface area (Å²) in [7, 11) is 0. The van der Waals surface area contributed by atoms with Crippen LogP contribution < -0.4 is 4.74 Å². The van der Waals surface area contributed by atoms with Crippen molar-refractivity contribution < 1.29 is 19.1 Å². The molecule has 22 heavy (non-hydrogen) atoms. The smallest absolute Gasteiger partial charge is 0.397 e. The lowest BCUT2D eigenvalue weighted by atomic mass is 9.83. The van der Waals surface area contributed by atoms with Gasteiger partial charge in [-0.3, -0.25) is 4.79 Å². The van der Waals surface area contributed by atoms with Gasteiger partial charge in [-0.05, 0) is 31.4 Å². The SMILES string of the molecule is CCOC(=O)C(=O)N1CCC2(CCc3ccccc3O2)CC1. The number of carbonyl (C=O) groups excluding carboxylic acids is 2. The number of benzene rings is 1. The predicted octanol–water partition coefficient (Wildman–Crippen LogP) is 1.94. The molecule has 0 aromatic heterocycles. The molecule has 0 atom stereocenters. The maximum atomic E-state index is 12.0. The van der Waals surface area contributed by atoms with Crippen LogP contribution in [-0.2, 0) is 20.7 Å². The van der Waals surface area contributed by atoms with E-state index in [9.17, 15) is 9.59 Å². The number of esters is 1. The number of aryl methyl sites for hydroxylation is 1. The number of para-hydroxylation sites is 1. The number of ether oxygens (including phenoxy) is 2. The first-order chi connectivity index (χ1) is 10.6. The molecule has 3 rings (SSSR count). The summed E-state index contributed by atoms with van der Waals surface area (Å²) in [4.78, 5) is 25.1. The lowest BCUT2D eigenvalue weighted by Crippen LogP contribution is -2.52. The number of hydrogen-bond acceptors (Lipinski definition) is 4. The van der Waals surface area contributed by atoms with Gasteiger partial charge in [-0.1, -0.05) is 18.2 Å². The predicted molar refractivity (Wildman–Crippen MR) is 80.6 cm³/mol. The van der Waals surface area contributed by atoms with Crippen molar-refractivity contribution in [1.82, 2.24) is 4.90 Å². The monoisotopic (exact) mass is 303 g/mol. The Kier molecular flexibility index (Phi) is 4.05. The fourth-order valence-corrected chi connectivity index (χ4v) is 3.25. The number of carbonyl (C=O) groups is 2. The first kappa shape index (κ1) is 14.9. The molecule has 2 aliphatic heterocycles. The molecule has 118 valence electrons. The van der Waals surface area contributed by atoms with Crippen LogP contribution in [-0.4, -0.2) is 42.1 Å². The van der Waals surface area contributed by atoms with Gasteiger partial charge in [0.2, 0.25) is 0 Å². The van der Waals surface area contributed by atoms with Crippen LogP contribution in [0.1, 0.15) is 31.7 Å². The largest absolute Gasteiger partial charge is 0.487 e. The number of fused-ring (bicyclic) bond motifs is 1. The van der Waals surface area contributed by atoms with E-state index in [1.165, 1.54) is 5.56 Å². The summed E-state index contributed by atoms with van der Waals surface area (Å²) in [6.45, 7) is 3.01. The molecule has 0 N–H and O–H groups in total. The van der Waals surface area contributed by atoms with Crippen LogP contribution in [0.3, 0.4) is 0 Å². The van der Waals surface area contributed by atoms with E-state index in [0.717, 1.165) is 31.4 Å². The lowest BCUT2D eigenvalue weighted by Gasteiger charge is -2.44. The molecule has 1 aromatic rings. The third kappa shape index (κ3) is 2.80. The van der Waals surface area contributed by atoms with Crippen LogP contribution in [0.25, 0.3) is 0 Å². The molecular weight excluding hydrogens is 282 g/mol. The van der Waals surface area contributed by atoms with Crippen molar-refractivity contribution in [1.29, 1.82) is 0 Å². The minimum Gasteiger partial charge on any atom is -0.487 e. The highest BCUT2D eigenvalue weighted by Gasteiger charge is 2.41. The van der Waals surface area contributed by atoms with E-state index in [4.69, 9.17) is 9.47 Å². The normalized spacial score (nSPS) is 19.2. The number of rotatable bonds is 1. The molecule has 2 heterocycles. The van der Waals surface area contributed by atoms with Crippen molar-refractivity contribution >= 4 is 11.9 Å². The molecule has 1 aromatic carbocycles. The maximum absolute atomic E-state index is 12.0. The van der Waals surface area contributed by atoms with Crippen molar-refractivity contribution in [3.8, 4) is 5.75 Å². The van der Waals surface area contributed by atoms with Gasteiger partial charge in [0.25, 0.3) is 0 Å². The second-order valence-corrected chi connectivity index (χ2v) is 5.91. The van der Waals surface area contributed by atoms with Gasteiger partial charge in [0.05, 0.1) is 6.61 Å². The number of hydrogen-bond donors (Lipinski definition) is 0. The summed E-state index contributed by atoms with van der Waals surface area (Å²) >= 11 is 0. The molecular formula is C17H21NO4. The van der Waals surface area contributed by atoms with Crippen LogP contribution in [0.2, 0.25) is 0 Å². The lowest BCUT2D eigenvalue weighted by molar-refractivity contribution is -0.161. The van der Waals surface area contributed by atoms with Gasteiger partial charge < -0.3 is 14.4 Å². The van der Waals surface area contributed by atoms with E-state index in [0.29, 0.717) is 13.1 Å². The molecule has 5 nitrogen and oxygen atoms in total. The molecule has 5 heteroatoms. The third-order valence-electron chi connectivity index (χ3n) is 4.56. The zero-order valence-electron chi connectivity index (χ0n) is 12.8. The Morgan fingerprint density at radius 3 is 2.68 bits per heavy atom. The van der Waals surface area contributed by atoms with Crippen LogP contribution >= 0.6 is 0 Å². The van der Waals surface area contributed by atoms with Gasteiger partial charge in [-0.15, -0.1) is 0 Å². The van der Waals surface area contributed by atoms with Crippen molar-refractivity contribution in [3.05, 3.63) is 29.8 Å². The van der Waals surface area contributed by atoms with Gasteiger partial charge in [-0.2, -0.15) is 0 Å². The number of likely N-dealkylation sites (tertiary alicyclic amines) is 1.